The molecule has 184 valence electrons. The van der Waals surface area contributed by atoms with Crippen LogP contribution < -0.4 is 10.6 Å². The zero-order valence-electron chi connectivity index (χ0n) is 19.3. The number of carbonyl (C=O) groups is 2. The van der Waals surface area contributed by atoms with E-state index in [9.17, 15) is 14.2 Å². The number of pyridine rings is 1. The molecule has 11 nitrogen and oxygen atoms in total. The van der Waals surface area contributed by atoms with E-state index < -0.39 is 25.9 Å². The van der Waals surface area contributed by atoms with Gasteiger partial charge in [0.2, 0.25) is 5.91 Å². The lowest BCUT2D eigenvalue weighted by molar-refractivity contribution is -0.125. The van der Waals surface area contributed by atoms with Gasteiger partial charge in [0.05, 0.1) is 18.3 Å². The molecule has 0 saturated carbocycles. The lowest BCUT2D eigenvalue weighted by Gasteiger charge is -2.21. The predicted octanol–water partition coefficient (Wildman–Crippen LogP) is 3.04. The van der Waals surface area contributed by atoms with Crippen molar-refractivity contribution in [2.75, 3.05) is 17.7 Å². The van der Waals surface area contributed by atoms with Crippen LogP contribution in [0.15, 0.2) is 47.0 Å². The zero-order chi connectivity index (χ0) is 25.3. The van der Waals surface area contributed by atoms with Crippen molar-refractivity contribution >= 4 is 48.2 Å². The third-order valence-corrected chi connectivity index (χ3v) is 6.12. The third-order valence-electron chi connectivity index (χ3n) is 5.61. The fraction of sp³-hybridized carbons (Fsp3) is 0.261. The van der Waals surface area contributed by atoms with Crippen molar-refractivity contribution in [3.05, 3.63) is 59.5 Å². The summed E-state index contributed by atoms with van der Waals surface area (Å²) in [5.74, 6) is -0.0899. The molecule has 0 spiro atoms. The van der Waals surface area contributed by atoms with E-state index in [4.69, 9.17) is 14.2 Å². The van der Waals surface area contributed by atoms with Crippen LogP contribution in [0.5, 0.6) is 0 Å². The van der Waals surface area contributed by atoms with E-state index in [-0.39, 0.29) is 11.7 Å². The second kappa shape index (κ2) is 9.63. The second-order valence-electron chi connectivity index (χ2n) is 8.28. The topological polar surface area (TPSA) is 154 Å². The number of carbonyl (C=O) groups excluding carboxylic acids is 2. The smallest absolute Gasteiger partial charge is 0.459 e. The number of aryl methyl sites for hydroxylation is 1. The Morgan fingerprint density at radius 2 is 2.09 bits per heavy atom. The number of aromatic nitrogens is 1. The van der Waals surface area contributed by atoms with Crippen LogP contribution in [0.2, 0.25) is 0 Å². The lowest BCUT2D eigenvalue weighted by atomic mass is 10.1. The molecule has 0 radical (unpaired) electrons. The summed E-state index contributed by atoms with van der Waals surface area (Å²) < 4.78 is 21.7. The number of benzene rings is 1. The van der Waals surface area contributed by atoms with Gasteiger partial charge < -0.3 is 29.7 Å². The van der Waals surface area contributed by atoms with Gasteiger partial charge in [-0.3, -0.25) is 14.1 Å². The molecule has 2 amide bonds. The minimum Gasteiger partial charge on any atom is -0.459 e. The molecule has 0 unspecified atom stereocenters. The van der Waals surface area contributed by atoms with Gasteiger partial charge in [-0.25, -0.2) is 9.55 Å². The van der Waals surface area contributed by atoms with Gasteiger partial charge in [0.15, 0.2) is 11.9 Å². The first-order valence-electron chi connectivity index (χ1n) is 10.7. The predicted molar refractivity (Wildman–Crippen MR) is 129 cm³/mol. The van der Waals surface area contributed by atoms with Gasteiger partial charge in [-0.05, 0) is 37.6 Å². The summed E-state index contributed by atoms with van der Waals surface area (Å²) in [6.07, 6.45) is 3.02. The molecule has 35 heavy (non-hydrogen) atoms. The van der Waals surface area contributed by atoms with E-state index in [2.05, 4.69) is 20.1 Å². The molecule has 1 aliphatic rings. The minimum atomic E-state index is -4.88. The fourth-order valence-corrected chi connectivity index (χ4v) is 4.34. The van der Waals surface area contributed by atoms with Crippen molar-refractivity contribution in [2.45, 2.75) is 32.5 Å². The summed E-state index contributed by atoms with van der Waals surface area (Å²) in [6.45, 7) is 3.81. The maximum Gasteiger partial charge on any atom is 0.470 e. The van der Waals surface area contributed by atoms with Crippen molar-refractivity contribution in [3.8, 4) is 0 Å². The molecule has 0 aliphatic carbocycles. The maximum absolute atomic E-state index is 12.7. The number of phosphoric ester groups is 1. The largest absolute Gasteiger partial charge is 0.470 e. The number of furan rings is 1. The normalized spacial score (nSPS) is 18.1. The summed E-state index contributed by atoms with van der Waals surface area (Å²) in [7, 11) is -3.21. The third kappa shape index (κ3) is 5.60. The Labute approximate surface area is 201 Å². The first-order valence-corrected chi connectivity index (χ1v) is 12.3. The van der Waals surface area contributed by atoms with Crippen LogP contribution in [-0.4, -0.2) is 50.7 Å². The number of anilines is 2. The molecule has 3 heterocycles. The second-order valence-corrected chi connectivity index (χ2v) is 9.47. The van der Waals surface area contributed by atoms with Crippen LogP contribution in [0, 0.1) is 6.92 Å². The summed E-state index contributed by atoms with van der Waals surface area (Å²) in [6, 6.07) is 8.59. The summed E-state index contributed by atoms with van der Waals surface area (Å²) in [4.78, 5) is 48.9. The number of nitrogens with one attached hydrogen (secondary N) is 2. The number of fused-ring (bicyclic) bond motifs is 2. The van der Waals surface area contributed by atoms with Crippen molar-refractivity contribution < 1.29 is 32.9 Å². The van der Waals surface area contributed by atoms with E-state index in [0.717, 1.165) is 16.5 Å². The molecule has 3 aromatic rings. The summed E-state index contributed by atoms with van der Waals surface area (Å²) in [5, 5.41) is 6.47. The lowest BCUT2D eigenvalue weighted by Crippen LogP contribution is -2.40. The highest BCUT2D eigenvalue weighted by Gasteiger charge is 2.36. The van der Waals surface area contributed by atoms with Gasteiger partial charge in [0, 0.05) is 30.3 Å². The number of hydrogen-bond acceptors (Lipinski definition) is 7. The summed E-state index contributed by atoms with van der Waals surface area (Å²) >= 11 is 0. The molecule has 0 fully saturated rings. The van der Waals surface area contributed by atoms with Gasteiger partial charge in [0.25, 0.3) is 5.91 Å². The minimum absolute atomic E-state index is 0.180. The average Bonchev–Trinajstić information content (AvgIpc) is 3.05. The molecule has 0 bridgehead atoms. The number of hydrogen-bond donors (Lipinski definition) is 4. The van der Waals surface area contributed by atoms with E-state index in [1.54, 1.807) is 26.1 Å². The first-order chi connectivity index (χ1) is 16.5. The van der Waals surface area contributed by atoms with E-state index in [1.165, 1.54) is 17.2 Å². The quantitative estimate of drug-likeness (QED) is 0.295. The maximum atomic E-state index is 12.7. The molecule has 4 N–H and O–H groups in total. The van der Waals surface area contributed by atoms with Crippen LogP contribution >= 0.6 is 7.82 Å². The van der Waals surface area contributed by atoms with Gasteiger partial charge in [0.1, 0.15) is 11.3 Å². The zero-order valence-corrected chi connectivity index (χ0v) is 20.2. The van der Waals surface area contributed by atoms with E-state index in [1.807, 2.05) is 31.2 Å². The van der Waals surface area contributed by atoms with E-state index >= 15 is 0 Å². The molecule has 2 aromatic heterocycles. The standard InChI is InChI=1S/C23H25N4O7P/c1-13-16-6-4-5-7-18(16)33-19(13)12-27(3)20(28)9-8-15-10-17-22(24-11-15)26-23(29)21(14(2)25-17)34-35(30,31)32/h4-11,14,21,25H,12H2,1-3H3,(H,24,26,29)(H2,30,31,32)/b9-8+/t14-,21+/m1/s1. The van der Waals surface area contributed by atoms with Gasteiger partial charge in [-0.15, -0.1) is 0 Å². The van der Waals surface area contributed by atoms with Crippen LogP contribution in [0.1, 0.15) is 23.8 Å². The Morgan fingerprint density at radius 3 is 2.80 bits per heavy atom. The van der Waals surface area contributed by atoms with Gasteiger partial charge >= 0.3 is 7.82 Å². The average molecular weight is 500 g/mol. The summed E-state index contributed by atoms with van der Waals surface area (Å²) in [5.41, 5.74) is 2.76. The van der Waals surface area contributed by atoms with Gasteiger partial charge in [-0.2, -0.15) is 0 Å². The molecule has 1 aliphatic heterocycles. The molecular weight excluding hydrogens is 475 g/mol. The first kappa shape index (κ1) is 24.6. The van der Waals surface area contributed by atoms with Crippen molar-refractivity contribution in [1.29, 1.82) is 0 Å². The number of rotatable bonds is 6. The molecule has 1 aromatic carbocycles. The highest BCUT2D eigenvalue weighted by molar-refractivity contribution is 7.46. The molecule has 2 atom stereocenters. The van der Waals surface area contributed by atoms with Crippen molar-refractivity contribution in [1.82, 2.24) is 9.88 Å². The monoisotopic (exact) mass is 500 g/mol. The Balaban J connectivity index is 1.46. The van der Waals surface area contributed by atoms with Crippen LogP contribution in [0.3, 0.4) is 0 Å². The van der Waals surface area contributed by atoms with Crippen LogP contribution in [0.25, 0.3) is 17.0 Å². The number of likely N-dealkylation sites (N-methyl/N-ethyl adjacent to an activating group) is 1. The van der Waals surface area contributed by atoms with E-state index in [0.29, 0.717) is 23.6 Å². The van der Waals surface area contributed by atoms with Gasteiger partial charge in [-0.1, -0.05) is 18.2 Å². The van der Waals surface area contributed by atoms with Crippen molar-refractivity contribution in [3.63, 3.8) is 0 Å². The number of para-hydroxylation sites is 1. The molecular formula is C23H25N4O7P. The Bertz CT molecular complexity index is 1360. The Kier molecular flexibility index (Phi) is 6.77. The van der Waals surface area contributed by atoms with Crippen LogP contribution in [0.4, 0.5) is 11.5 Å². The molecule has 0 saturated heterocycles. The highest BCUT2D eigenvalue weighted by Crippen LogP contribution is 2.40. The fourth-order valence-electron chi connectivity index (χ4n) is 3.77. The molecule has 4 rings (SSSR count). The number of amides is 2. The SMILES string of the molecule is Cc1c(CN(C)C(=O)/C=C/c2cnc3c(c2)N[C@H](C)[C@H](OP(=O)(O)O)C(=O)N3)oc2ccccc12. The number of nitrogens with zero attached hydrogens (tertiary/aromatic N) is 2. The van der Waals surface area contributed by atoms with Crippen molar-refractivity contribution in [2.24, 2.45) is 0 Å². The van der Waals surface area contributed by atoms with Crippen LogP contribution in [-0.2, 0) is 25.2 Å². The Morgan fingerprint density at radius 1 is 1.34 bits per heavy atom. The highest BCUT2D eigenvalue weighted by atomic mass is 31.2. The molecule has 12 heteroatoms. The Hall–Kier alpha value is -3.50. The number of phosphoric acid groups is 1.